The van der Waals surface area contributed by atoms with Gasteiger partial charge in [-0.3, -0.25) is 0 Å². The van der Waals surface area contributed by atoms with Gasteiger partial charge in [0.15, 0.2) is 0 Å². The summed E-state index contributed by atoms with van der Waals surface area (Å²) in [6.45, 7) is 0. The molecule has 0 aliphatic heterocycles. The zero-order valence-electron chi connectivity index (χ0n) is 11.1. The van der Waals surface area contributed by atoms with E-state index in [-0.39, 0.29) is 0 Å². The molecule has 2 aromatic carbocycles. The molecule has 0 saturated heterocycles. The molecule has 0 bridgehead atoms. The van der Waals surface area contributed by atoms with Gasteiger partial charge in [-0.2, -0.15) is 0 Å². The Morgan fingerprint density at radius 3 is 1.53 bits per heavy atom. The van der Waals surface area contributed by atoms with Crippen LogP contribution in [0.3, 0.4) is 0 Å². The second-order valence-electron chi connectivity index (χ2n) is 4.31. The van der Waals surface area contributed by atoms with Crippen LogP contribution in [-0.4, -0.2) is 14.2 Å². The Hall–Kier alpha value is -2.36. The van der Waals surface area contributed by atoms with Crippen molar-refractivity contribution in [3.05, 3.63) is 47.5 Å². The number of rotatable bonds is 4. The molecule has 0 spiro atoms. The van der Waals surface area contributed by atoms with E-state index < -0.39 is 0 Å². The van der Waals surface area contributed by atoms with E-state index in [1.807, 2.05) is 36.4 Å². The Bertz CT molecular complexity index is 531. The first-order valence-electron chi connectivity index (χ1n) is 5.99. The number of nitrogen functional groups attached to an aromatic ring is 2. The van der Waals surface area contributed by atoms with E-state index in [2.05, 4.69) is 0 Å². The highest BCUT2D eigenvalue weighted by atomic mass is 16.5. The molecule has 4 nitrogen and oxygen atoms in total. The van der Waals surface area contributed by atoms with Crippen LogP contribution in [0.4, 0.5) is 11.4 Å². The summed E-state index contributed by atoms with van der Waals surface area (Å²) < 4.78 is 10.3. The Morgan fingerprint density at radius 2 is 1.21 bits per heavy atom. The lowest BCUT2D eigenvalue weighted by Gasteiger charge is -2.11. The van der Waals surface area contributed by atoms with Crippen molar-refractivity contribution < 1.29 is 9.47 Å². The first-order chi connectivity index (χ1) is 9.13. The van der Waals surface area contributed by atoms with E-state index in [4.69, 9.17) is 20.9 Å². The first-order valence-corrected chi connectivity index (χ1v) is 5.99. The molecule has 4 N–H and O–H groups in total. The van der Waals surface area contributed by atoms with Gasteiger partial charge in [-0.1, -0.05) is 12.1 Å². The van der Waals surface area contributed by atoms with Gasteiger partial charge in [0, 0.05) is 29.9 Å². The minimum Gasteiger partial charge on any atom is -0.497 e. The molecule has 2 aromatic rings. The lowest BCUT2D eigenvalue weighted by molar-refractivity contribution is 0.415. The topological polar surface area (TPSA) is 70.5 Å². The van der Waals surface area contributed by atoms with Crippen LogP contribution in [0.5, 0.6) is 11.5 Å². The van der Waals surface area contributed by atoms with Crippen LogP contribution in [-0.2, 0) is 6.42 Å². The summed E-state index contributed by atoms with van der Waals surface area (Å²) in [4.78, 5) is 0. The summed E-state index contributed by atoms with van der Waals surface area (Å²) >= 11 is 0. The van der Waals surface area contributed by atoms with Crippen LogP contribution in [0.25, 0.3) is 0 Å². The van der Waals surface area contributed by atoms with E-state index in [1.165, 1.54) is 0 Å². The fraction of sp³-hybridized carbons (Fsp3) is 0.200. The molecular formula is C15H18N2O2. The van der Waals surface area contributed by atoms with Crippen molar-refractivity contribution in [2.75, 3.05) is 25.7 Å². The lowest BCUT2D eigenvalue weighted by atomic mass is 10.0. The fourth-order valence-corrected chi connectivity index (χ4v) is 1.93. The zero-order chi connectivity index (χ0) is 13.8. The summed E-state index contributed by atoms with van der Waals surface area (Å²) in [5.41, 5.74) is 15.5. The van der Waals surface area contributed by atoms with Crippen LogP contribution in [0.2, 0.25) is 0 Å². The maximum atomic E-state index is 6.01. The van der Waals surface area contributed by atoms with Crippen LogP contribution in [0, 0.1) is 0 Å². The average Bonchev–Trinajstić information content (AvgIpc) is 2.42. The van der Waals surface area contributed by atoms with E-state index in [9.17, 15) is 0 Å². The molecule has 0 radical (unpaired) electrons. The molecule has 0 aliphatic rings. The number of hydrogen-bond acceptors (Lipinski definition) is 4. The number of methoxy groups -OCH3 is 2. The molecule has 0 aliphatic carbocycles. The van der Waals surface area contributed by atoms with Gasteiger partial charge in [0.25, 0.3) is 0 Å². The van der Waals surface area contributed by atoms with Crippen molar-refractivity contribution >= 4 is 11.4 Å². The number of ether oxygens (including phenoxy) is 2. The molecule has 0 atom stereocenters. The van der Waals surface area contributed by atoms with Gasteiger partial charge in [0.05, 0.1) is 14.2 Å². The third-order valence-electron chi connectivity index (χ3n) is 3.09. The van der Waals surface area contributed by atoms with E-state index in [0.29, 0.717) is 17.8 Å². The predicted octanol–water partition coefficient (Wildman–Crippen LogP) is 2.46. The van der Waals surface area contributed by atoms with Crippen molar-refractivity contribution in [1.82, 2.24) is 0 Å². The van der Waals surface area contributed by atoms with Crippen LogP contribution >= 0.6 is 0 Å². The second-order valence-corrected chi connectivity index (χ2v) is 4.31. The summed E-state index contributed by atoms with van der Waals surface area (Å²) in [6.07, 6.45) is 0.686. The third-order valence-corrected chi connectivity index (χ3v) is 3.09. The highest BCUT2D eigenvalue weighted by Crippen LogP contribution is 2.26. The minimum atomic E-state index is 0.686. The van der Waals surface area contributed by atoms with Crippen LogP contribution < -0.4 is 20.9 Å². The second kappa shape index (κ2) is 5.52. The Labute approximate surface area is 112 Å². The molecule has 0 aromatic heterocycles. The van der Waals surface area contributed by atoms with Crippen molar-refractivity contribution in [3.63, 3.8) is 0 Å². The molecule has 0 heterocycles. The number of nitrogens with two attached hydrogens (primary N) is 2. The smallest absolute Gasteiger partial charge is 0.120 e. The SMILES string of the molecule is COc1ccc(Cc2ccc(OC)cc2N)c(N)c1. The van der Waals surface area contributed by atoms with Crippen molar-refractivity contribution in [2.45, 2.75) is 6.42 Å². The monoisotopic (exact) mass is 258 g/mol. The van der Waals surface area contributed by atoms with E-state index in [0.717, 1.165) is 22.6 Å². The van der Waals surface area contributed by atoms with E-state index in [1.54, 1.807) is 14.2 Å². The number of hydrogen-bond donors (Lipinski definition) is 2. The number of benzene rings is 2. The summed E-state index contributed by atoms with van der Waals surface area (Å²) in [7, 11) is 3.24. The van der Waals surface area contributed by atoms with Gasteiger partial charge < -0.3 is 20.9 Å². The van der Waals surface area contributed by atoms with Gasteiger partial charge in [0.1, 0.15) is 11.5 Å². The van der Waals surface area contributed by atoms with Gasteiger partial charge >= 0.3 is 0 Å². The molecule has 0 amide bonds. The summed E-state index contributed by atoms with van der Waals surface area (Å²) in [5.74, 6) is 1.51. The van der Waals surface area contributed by atoms with Crippen molar-refractivity contribution in [2.24, 2.45) is 0 Å². The highest BCUT2D eigenvalue weighted by Gasteiger charge is 2.06. The van der Waals surface area contributed by atoms with Gasteiger partial charge in [-0.05, 0) is 23.3 Å². The standard InChI is InChI=1S/C15H18N2O2/c1-18-12-5-3-10(14(16)8-12)7-11-4-6-13(19-2)9-15(11)17/h3-6,8-9H,7,16-17H2,1-2H3. The predicted molar refractivity (Wildman–Crippen MR) is 77.6 cm³/mol. The maximum absolute atomic E-state index is 6.01. The molecule has 4 heteroatoms. The summed E-state index contributed by atoms with van der Waals surface area (Å²) in [5, 5.41) is 0. The normalized spacial score (nSPS) is 10.2. The third kappa shape index (κ3) is 2.91. The van der Waals surface area contributed by atoms with Crippen LogP contribution in [0.15, 0.2) is 36.4 Å². The Kier molecular flexibility index (Phi) is 3.80. The van der Waals surface area contributed by atoms with Crippen molar-refractivity contribution in [3.8, 4) is 11.5 Å². The molecule has 0 unspecified atom stereocenters. The fourth-order valence-electron chi connectivity index (χ4n) is 1.93. The molecule has 0 saturated carbocycles. The highest BCUT2D eigenvalue weighted by molar-refractivity contribution is 5.58. The average molecular weight is 258 g/mol. The molecular weight excluding hydrogens is 240 g/mol. The number of anilines is 2. The Balaban J connectivity index is 2.26. The van der Waals surface area contributed by atoms with E-state index >= 15 is 0 Å². The lowest BCUT2D eigenvalue weighted by Crippen LogP contribution is -2.00. The molecule has 0 fully saturated rings. The van der Waals surface area contributed by atoms with Crippen molar-refractivity contribution in [1.29, 1.82) is 0 Å². The molecule has 19 heavy (non-hydrogen) atoms. The molecule has 100 valence electrons. The van der Waals surface area contributed by atoms with Gasteiger partial charge in [-0.25, -0.2) is 0 Å². The zero-order valence-corrected chi connectivity index (χ0v) is 11.1. The molecule has 2 rings (SSSR count). The largest absolute Gasteiger partial charge is 0.497 e. The first kappa shape index (κ1) is 13.1. The van der Waals surface area contributed by atoms with Gasteiger partial charge in [0.2, 0.25) is 0 Å². The summed E-state index contributed by atoms with van der Waals surface area (Å²) in [6, 6.07) is 11.3. The quantitative estimate of drug-likeness (QED) is 0.826. The minimum absolute atomic E-state index is 0.686. The maximum Gasteiger partial charge on any atom is 0.120 e. The van der Waals surface area contributed by atoms with Gasteiger partial charge in [-0.15, -0.1) is 0 Å². The van der Waals surface area contributed by atoms with Crippen LogP contribution in [0.1, 0.15) is 11.1 Å². The Morgan fingerprint density at radius 1 is 0.789 bits per heavy atom.